The number of thiophene rings is 1. The molecule has 8 nitrogen and oxygen atoms in total. The van der Waals surface area contributed by atoms with Gasteiger partial charge in [-0.2, -0.15) is 5.26 Å². The fraction of sp³-hybridized carbons (Fsp3) is 0.524. The largest absolute Gasteiger partial charge is 0.381 e. The Labute approximate surface area is 179 Å². The monoisotopic (exact) mass is 426 g/mol. The van der Waals surface area contributed by atoms with Crippen LogP contribution in [-0.4, -0.2) is 28.3 Å². The molecule has 0 unspecified atom stereocenters. The van der Waals surface area contributed by atoms with Crippen LogP contribution < -0.4 is 16.4 Å². The topological polar surface area (TPSA) is 137 Å². The van der Waals surface area contributed by atoms with Gasteiger partial charge >= 0.3 is 0 Å². The highest BCUT2D eigenvalue weighted by atomic mass is 32.1. The van der Waals surface area contributed by atoms with Gasteiger partial charge in [-0.15, -0.1) is 11.3 Å². The lowest BCUT2D eigenvalue weighted by Gasteiger charge is -2.13. The molecule has 30 heavy (non-hydrogen) atoms. The number of carbonyl (C=O) groups is 2. The van der Waals surface area contributed by atoms with Crippen LogP contribution in [0.25, 0.3) is 0 Å². The number of aromatic amines is 1. The zero-order valence-corrected chi connectivity index (χ0v) is 17.6. The molecule has 5 rings (SSSR count). The third-order valence-corrected chi connectivity index (χ3v) is 6.82. The van der Waals surface area contributed by atoms with Crippen molar-refractivity contribution >= 4 is 34.0 Å². The van der Waals surface area contributed by atoms with E-state index in [4.69, 9.17) is 11.0 Å². The van der Waals surface area contributed by atoms with Crippen molar-refractivity contribution in [2.75, 3.05) is 17.6 Å². The first-order chi connectivity index (χ1) is 14.6. The van der Waals surface area contributed by atoms with Crippen LogP contribution in [0.3, 0.4) is 0 Å². The van der Waals surface area contributed by atoms with Crippen LogP contribution in [0.15, 0.2) is 6.33 Å². The predicted molar refractivity (Wildman–Crippen MR) is 115 cm³/mol. The maximum Gasteiger partial charge on any atom is 0.254 e. The van der Waals surface area contributed by atoms with Crippen molar-refractivity contribution in [3.8, 4) is 6.07 Å². The van der Waals surface area contributed by atoms with E-state index in [-0.39, 0.29) is 23.6 Å². The van der Waals surface area contributed by atoms with Crippen molar-refractivity contribution < 1.29 is 9.59 Å². The van der Waals surface area contributed by atoms with Gasteiger partial charge in [-0.3, -0.25) is 9.59 Å². The minimum absolute atomic E-state index is 0.0115. The first-order valence-corrected chi connectivity index (χ1v) is 11.3. The summed E-state index contributed by atoms with van der Waals surface area (Å²) in [5.74, 6) is 1.20. The van der Waals surface area contributed by atoms with E-state index in [0.29, 0.717) is 11.6 Å². The lowest BCUT2D eigenvalue weighted by atomic mass is 9.95. The number of anilines is 2. The number of fused-ring (bicyclic) bond motifs is 1. The fourth-order valence-corrected chi connectivity index (χ4v) is 4.79. The molecule has 0 aromatic carbocycles. The number of hydrogen-bond acceptors (Lipinski definition) is 6. The van der Waals surface area contributed by atoms with Crippen molar-refractivity contribution in [3.05, 3.63) is 28.0 Å². The summed E-state index contributed by atoms with van der Waals surface area (Å²) in [6.07, 6.45) is 10.2. The average Bonchev–Trinajstić information content (AvgIpc) is 3.67. The first kappa shape index (κ1) is 20.4. The number of H-pyrrole nitrogens is 1. The quantitative estimate of drug-likeness (QED) is 0.582. The smallest absolute Gasteiger partial charge is 0.254 e. The molecule has 0 spiro atoms. The molecule has 9 heteroatoms. The lowest BCUT2D eigenvalue weighted by Crippen LogP contribution is -2.27. The molecule has 0 radical (unpaired) electrons. The van der Waals surface area contributed by atoms with Gasteiger partial charge in [0.1, 0.15) is 11.1 Å². The van der Waals surface area contributed by atoms with E-state index in [1.54, 1.807) is 11.3 Å². The zero-order chi connectivity index (χ0) is 21.1. The zero-order valence-electron chi connectivity index (χ0n) is 16.8. The van der Waals surface area contributed by atoms with E-state index in [9.17, 15) is 9.59 Å². The molecular weight excluding hydrogens is 400 g/mol. The predicted octanol–water partition coefficient (Wildman–Crippen LogP) is 2.98. The van der Waals surface area contributed by atoms with Crippen LogP contribution in [0.4, 0.5) is 10.8 Å². The molecule has 2 amide bonds. The number of nitrogen functional groups attached to an aromatic ring is 1. The van der Waals surface area contributed by atoms with Crippen LogP contribution in [-0.2, 0) is 17.6 Å². The summed E-state index contributed by atoms with van der Waals surface area (Å²) in [5, 5.41) is 15.1. The minimum atomic E-state index is 0.0115. The maximum atomic E-state index is 12.6. The number of imidazole rings is 1. The summed E-state index contributed by atoms with van der Waals surface area (Å²) >= 11 is 1.62. The van der Waals surface area contributed by atoms with Crippen LogP contribution >= 0.6 is 11.3 Å². The molecule has 2 aromatic rings. The maximum absolute atomic E-state index is 12.6. The molecule has 0 atom stereocenters. The van der Waals surface area contributed by atoms with Gasteiger partial charge < -0.3 is 21.4 Å². The van der Waals surface area contributed by atoms with Gasteiger partial charge in [0.25, 0.3) is 5.91 Å². The summed E-state index contributed by atoms with van der Waals surface area (Å²) in [5.41, 5.74) is 7.46. The average molecular weight is 427 g/mol. The van der Waals surface area contributed by atoms with Crippen LogP contribution in [0.2, 0.25) is 0 Å². The van der Waals surface area contributed by atoms with E-state index in [1.165, 1.54) is 36.0 Å². The van der Waals surface area contributed by atoms with Crippen molar-refractivity contribution in [2.24, 2.45) is 11.8 Å². The standard InChI is InChI=1S/C17H22N2O2S.C4H4N4/c20-15(11-7-8-11)19-17-14(16(21)18-9-10-5-6-10)12-3-1-2-4-13(12)22-17;5-1-3-4(6)8-2-7-3/h10-11H,1-9H2,(H,18,21)(H,19,20);2H,6H2,(H,7,8). The van der Waals surface area contributed by atoms with E-state index in [2.05, 4.69) is 20.6 Å². The number of nitriles is 1. The Morgan fingerprint density at radius 3 is 2.63 bits per heavy atom. The summed E-state index contributed by atoms with van der Waals surface area (Å²) < 4.78 is 0. The Kier molecular flexibility index (Phi) is 6.04. The molecule has 5 N–H and O–H groups in total. The van der Waals surface area contributed by atoms with E-state index >= 15 is 0 Å². The SMILES string of the molecule is N#Cc1[nH]cnc1N.O=C(NCC1CC1)c1c(NC(=O)C2CC2)sc2c1CCCC2. The molecular formula is C21H26N6O2S. The number of aromatic nitrogens is 2. The first-order valence-electron chi connectivity index (χ1n) is 10.5. The van der Waals surface area contributed by atoms with Crippen molar-refractivity contribution in [2.45, 2.75) is 51.4 Å². The summed E-state index contributed by atoms with van der Waals surface area (Å²) in [6, 6.07) is 1.83. The van der Waals surface area contributed by atoms with E-state index in [0.717, 1.165) is 49.2 Å². The molecule has 0 bridgehead atoms. The highest BCUT2D eigenvalue weighted by Crippen LogP contribution is 2.40. The van der Waals surface area contributed by atoms with E-state index in [1.807, 2.05) is 6.07 Å². The van der Waals surface area contributed by atoms with Crippen LogP contribution in [0, 0.1) is 23.2 Å². The van der Waals surface area contributed by atoms with Gasteiger partial charge in [-0.05, 0) is 62.8 Å². The number of amides is 2. The van der Waals surface area contributed by atoms with Gasteiger partial charge in [0.2, 0.25) is 5.91 Å². The molecule has 0 aliphatic heterocycles. The number of rotatable bonds is 5. The molecule has 158 valence electrons. The second-order valence-electron chi connectivity index (χ2n) is 8.11. The molecule has 3 aliphatic rings. The number of nitrogens with one attached hydrogen (secondary N) is 3. The van der Waals surface area contributed by atoms with Gasteiger partial charge in [-0.25, -0.2) is 4.98 Å². The normalized spacial score (nSPS) is 17.2. The van der Waals surface area contributed by atoms with Crippen molar-refractivity contribution in [1.29, 1.82) is 5.26 Å². The highest BCUT2D eigenvalue weighted by Gasteiger charge is 2.33. The Morgan fingerprint density at radius 1 is 1.27 bits per heavy atom. The third kappa shape index (κ3) is 4.82. The number of aryl methyl sites for hydroxylation is 1. The fourth-order valence-electron chi connectivity index (χ4n) is 3.50. The number of hydrogen-bond donors (Lipinski definition) is 4. The number of nitrogens with two attached hydrogens (primary N) is 1. The Morgan fingerprint density at radius 2 is 2.03 bits per heavy atom. The van der Waals surface area contributed by atoms with Gasteiger partial charge in [0, 0.05) is 17.3 Å². The third-order valence-electron chi connectivity index (χ3n) is 5.61. The number of carbonyl (C=O) groups excluding carboxylic acids is 2. The molecule has 0 saturated heterocycles. The molecule has 2 heterocycles. The second-order valence-corrected chi connectivity index (χ2v) is 9.21. The summed E-state index contributed by atoms with van der Waals surface area (Å²) in [7, 11) is 0. The Hall–Kier alpha value is -2.86. The van der Waals surface area contributed by atoms with Crippen molar-refractivity contribution in [1.82, 2.24) is 15.3 Å². The molecule has 3 aliphatic carbocycles. The number of nitrogens with zero attached hydrogens (tertiary/aromatic N) is 2. The van der Waals surface area contributed by atoms with Gasteiger partial charge in [-0.1, -0.05) is 0 Å². The summed E-state index contributed by atoms with van der Waals surface area (Å²) in [4.78, 5) is 32.2. The van der Waals surface area contributed by atoms with Crippen LogP contribution in [0.1, 0.15) is 65.0 Å². The lowest BCUT2D eigenvalue weighted by molar-refractivity contribution is -0.117. The van der Waals surface area contributed by atoms with Gasteiger partial charge in [0.15, 0.2) is 11.5 Å². The van der Waals surface area contributed by atoms with Crippen molar-refractivity contribution in [3.63, 3.8) is 0 Å². The van der Waals surface area contributed by atoms with Gasteiger partial charge in [0.05, 0.1) is 11.9 Å². The molecule has 2 aromatic heterocycles. The Balaban J connectivity index is 0.000000230. The molecule has 2 fully saturated rings. The Bertz CT molecular complexity index is 980. The van der Waals surface area contributed by atoms with Crippen LogP contribution in [0.5, 0.6) is 0 Å². The second kappa shape index (κ2) is 8.88. The summed E-state index contributed by atoms with van der Waals surface area (Å²) in [6.45, 7) is 0.777. The minimum Gasteiger partial charge on any atom is -0.381 e. The molecule has 2 saturated carbocycles. The van der Waals surface area contributed by atoms with E-state index < -0.39 is 0 Å². The highest BCUT2D eigenvalue weighted by molar-refractivity contribution is 7.17.